The van der Waals surface area contributed by atoms with Crippen molar-refractivity contribution in [1.29, 1.82) is 0 Å². The predicted octanol–water partition coefficient (Wildman–Crippen LogP) is 3.51. The zero-order valence-electron chi connectivity index (χ0n) is 50.7. The van der Waals surface area contributed by atoms with Crippen LogP contribution in [0.1, 0.15) is 122 Å². The van der Waals surface area contributed by atoms with Gasteiger partial charge in [0.05, 0.1) is 59.8 Å². The number of pyridine rings is 1. The monoisotopic (exact) mass is 1210 g/mol. The topological polar surface area (TPSA) is 309 Å². The molecule has 2 aromatic rings. The Morgan fingerprint density at radius 3 is 1.99 bits per heavy atom. The molecule has 4 aliphatic heterocycles. The molecule has 7 N–H and O–H groups in total. The highest BCUT2D eigenvalue weighted by Gasteiger charge is 2.77. The average molecular weight is 1210 g/mol. The van der Waals surface area contributed by atoms with Crippen molar-refractivity contribution in [2.24, 2.45) is 28.6 Å². The van der Waals surface area contributed by atoms with Crippen molar-refractivity contribution < 1.29 is 107 Å². The molecule has 1 aromatic carbocycles. The molecule has 86 heavy (non-hydrogen) atoms. The van der Waals surface area contributed by atoms with Gasteiger partial charge in [-0.2, -0.15) is 0 Å². The summed E-state index contributed by atoms with van der Waals surface area (Å²) in [5, 5.41) is 79.0. The quantitative estimate of drug-likeness (QED) is 0.0638. The number of benzene rings is 1. The number of esters is 2. The number of carbonyl (C=O) groups excluding carboxylic acids is 2. The van der Waals surface area contributed by atoms with Crippen LogP contribution in [0, 0.1) is 28.6 Å². The fourth-order valence-corrected chi connectivity index (χ4v) is 16.3. The average Bonchev–Trinajstić information content (AvgIpc) is 1.42. The van der Waals surface area contributed by atoms with E-state index in [0.717, 1.165) is 24.8 Å². The number of hydrogen-bond acceptors (Lipinski definition) is 23. The molecule has 0 unspecified atom stereocenters. The maximum Gasteiger partial charge on any atom is 0.340 e. The van der Waals surface area contributed by atoms with E-state index in [1.807, 2.05) is 44.2 Å². The van der Waals surface area contributed by atoms with Crippen LogP contribution in [0.15, 0.2) is 60.9 Å². The van der Waals surface area contributed by atoms with Crippen molar-refractivity contribution in [3.63, 3.8) is 0 Å². The highest BCUT2D eigenvalue weighted by molar-refractivity contribution is 5.89. The third-order valence-electron chi connectivity index (χ3n) is 21.3. The SMILES string of the molecule is CO[C@@H]1[C@@H](O)[C@H](O[C@H]2[C@@H](OC)C[C@H](O[C@H]3[C@@H](OC)C[C@H](O[C@H]4CC[C@@]5(C)[C@@H](CC[C@@H]6[C@@H]5C[C@@H](OC(=O)C=Cc5ccccc5)[C@]5(C)[C@](O)([C@H](C)OC(=O)c7cccnc7)CC[C@]65O)C4)O[C@@H]3C)O[C@@H]2C)O[C@H](C)[C@H]1O[C@@H]1O[C@H](CO)[C@@H](O)[C@H](O)[C@H]1O. The minimum absolute atomic E-state index is 0.0830. The van der Waals surface area contributed by atoms with Crippen molar-refractivity contribution >= 4 is 18.0 Å². The summed E-state index contributed by atoms with van der Waals surface area (Å²) in [6.45, 7) is 10.5. The van der Waals surface area contributed by atoms with E-state index in [9.17, 15) is 45.3 Å². The Labute approximate surface area is 502 Å². The third-order valence-corrected chi connectivity index (χ3v) is 21.3. The molecular weight excluding hydrogens is 1120 g/mol. The molecule has 480 valence electrons. The minimum Gasteiger partial charge on any atom is -0.458 e. The highest BCUT2D eigenvalue weighted by atomic mass is 16.8. The molecule has 0 bridgehead atoms. The number of carbonyl (C=O) groups is 2. The van der Waals surface area contributed by atoms with E-state index < -0.39 is 158 Å². The number of aliphatic hydroxyl groups is 7. The van der Waals surface area contributed by atoms with Crippen LogP contribution in [0.25, 0.3) is 6.08 Å². The summed E-state index contributed by atoms with van der Waals surface area (Å²) in [6, 6.07) is 12.6. The molecular formula is C63H91NO22. The molecule has 4 saturated heterocycles. The van der Waals surface area contributed by atoms with Gasteiger partial charge in [-0.3, -0.25) is 4.98 Å². The zero-order chi connectivity index (χ0) is 61.6. The second kappa shape index (κ2) is 26.7. The van der Waals surface area contributed by atoms with Crippen LogP contribution in [0.3, 0.4) is 0 Å². The first kappa shape index (κ1) is 65.3. The molecule has 1 aromatic heterocycles. The Morgan fingerprint density at radius 1 is 0.686 bits per heavy atom. The van der Waals surface area contributed by atoms with Gasteiger partial charge in [0, 0.05) is 52.6 Å². The fraction of sp³-hybridized carbons (Fsp3) is 0.762. The van der Waals surface area contributed by atoms with Gasteiger partial charge in [0.25, 0.3) is 0 Å². The summed E-state index contributed by atoms with van der Waals surface area (Å²) in [6.07, 6.45) is -9.14. The van der Waals surface area contributed by atoms with Crippen LogP contribution in [0.2, 0.25) is 0 Å². The molecule has 23 nitrogen and oxygen atoms in total. The maximum absolute atomic E-state index is 14.0. The molecule has 8 aliphatic rings. The van der Waals surface area contributed by atoms with Crippen LogP contribution < -0.4 is 0 Å². The first-order valence-electron chi connectivity index (χ1n) is 30.7. The number of rotatable bonds is 18. The highest BCUT2D eigenvalue weighted by Crippen LogP contribution is 2.71. The van der Waals surface area contributed by atoms with Gasteiger partial charge in [-0.25, -0.2) is 9.59 Å². The van der Waals surface area contributed by atoms with E-state index in [4.69, 9.17) is 61.6 Å². The Morgan fingerprint density at radius 2 is 1.34 bits per heavy atom. The number of hydrogen-bond donors (Lipinski definition) is 7. The predicted molar refractivity (Wildman–Crippen MR) is 302 cm³/mol. The minimum atomic E-state index is -1.77. The van der Waals surface area contributed by atoms with Gasteiger partial charge >= 0.3 is 11.9 Å². The number of methoxy groups -OCH3 is 3. The number of ether oxygens (including phenoxy) is 13. The molecule has 8 fully saturated rings. The lowest BCUT2D eigenvalue weighted by molar-refractivity contribution is -0.373. The second-order valence-electron chi connectivity index (χ2n) is 25.7. The van der Waals surface area contributed by atoms with Gasteiger partial charge in [-0.1, -0.05) is 44.2 Å². The van der Waals surface area contributed by atoms with Crippen LogP contribution >= 0.6 is 0 Å². The van der Waals surface area contributed by atoms with E-state index in [2.05, 4.69) is 11.9 Å². The van der Waals surface area contributed by atoms with Gasteiger partial charge in [0.15, 0.2) is 25.2 Å². The van der Waals surface area contributed by atoms with E-state index in [-0.39, 0.29) is 54.1 Å². The Bertz CT molecular complexity index is 2610. The van der Waals surface area contributed by atoms with Crippen LogP contribution in [-0.4, -0.2) is 221 Å². The summed E-state index contributed by atoms with van der Waals surface area (Å²) in [4.78, 5) is 31.5. The first-order chi connectivity index (χ1) is 41.0. The second-order valence-corrected chi connectivity index (χ2v) is 25.7. The molecule has 23 heteroatoms. The number of fused-ring (bicyclic) bond motifs is 5. The van der Waals surface area contributed by atoms with E-state index in [1.165, 1.54) is 19.4 Å². The summed E-state index contributed by atoms with van der Waals surface area (Å²) in [5.74, 6) is -1.38. The number of aromatic nitrogens is 1. The Kier molecular flexibility index (Phi) is 20.2. The normalized spacial score (nSPS) is 46.4. The lowest BCUT2D eigenvalue weighted by atomic mass is 9.42. The number of nitrogens with zero attached hydrogens (tertiary/aromatic N) is 1. The lowest BCUT2D eigenvalue weighted by Crippen LogP contribution is -2.72. The van der Waals surface area contributed by atoms with E-state index in [1.54, 1.807) is 59.4 Å². The lowest BCUT2D eigenvalue weighted by Gasteiger charge is -2.66. The zero-order valence-corrected chi connectivity index (χ0v) is 50.7. The van der Waals surface area contributed by atoms with Crippen molar-refractivity contribution in [3.8, 4) is 0 Å². The van der Waals surface area contributed by atoms with Gasteiger partial charge < -0.3 is 97.3 Å². The smallest absolute Gasteiger partial charge is 0.340 e. The number of aliphatic hydroxyl groups excluding tert-OH is 5. The molecule has 0 amide bonds. The summed E-state index contributed by atoms with van der Waals surface area (Å²) in [7, 11) is 4.54. The standard InChI is InChI=1S/C63H91NO22/c1-32-53(84-48-29-43(75-8)54(33(2)78-48)85-59-52(70)56(76-9)55(34(3)79-59)86-58-51(69)50(68)49(67)44(31-65)82-58)42(74-7)28-47(77-32)81-39-21-22-60(5)38(26-39)18-19-40-41(60)27-45(83-46(66)20-17-36-14-11-10-12-15-36)61(6)62(72,23-24-63(40,61)73)35(4)80-57(71)37-16-13-25-64-30-37/h10-17,20,25,30,32-35,38-45,47-56,58-59,65,67-70,72-73H,18-19,21-24,26-29,31H2,1-9H3/t32-,33-,34-,35+,38+,39+,40-,41+,42+,43+,44-,45-,47+,48+,49-,50+,51-,52-,53-,54-,55-,56-,58+,59+,60+,61-,62-,63+/m1/s1. The van der Waals surface area contributed by atoms with E-state index in [0.29, 0.717) is 25.7 Å². The largest absolute Gasteiger partial charge is 0.458 e. The van der Waals surface area contributed by atoms with Crippen molar-refractivity contribution in [1.82, 2.24) is 4.98 Å². The van der Waals surface area contributed by atoms with Crippen LogP contribution in [0.5, 0.6) is 0 Å². The third kappa shape index (κ3) is 12.2. The van der Waals surface area contributed by atoms with E-state index >= 15 is 0 Å². The molecule has 28 atom stereocenters. The first-order valence-corrected chi connectivity index (χ1v) is 30.7. The Balaban J connectivity index is 0.761. The molecule has 4 saturated carbocycles. The molecule has 0 spiro atoms. The van der Waals surface area contributed by atoms with Gasteiger partial charge in [0.2, 0.25) is 0 Å². The van der Waals surface area contributed by atoms with Gasteiger partial charge in [0.1, 0.15) is 72.7 Å². The van der Waals surface area contributed by atoms with Gasteiger partial charge in [-0.05, 0) is 126 Å². The van der Waals surface area contributed by atoms with Crippen LogP contribution in [0.4, 0.5) is 0 Å². The van der Waals surface area contributed by atoms with Crippen molar-refractivity contribution in [2.75, 3.05) is 27.9 Å². The summed E-state index contributed by atoms with van der Waals surface area (Å²) < 4.78 is 80.9. The molecule has 4 aliphatic carbocycles. The molecule has 10 rings (SSSR count). The summed E-state index contributed by atoms with van der Waals surface area (Å²) >= 11 is 0. The fourth-order valence-electron chi connectivity index (χ4n) is 16.3. The Hall–Kier alpha value is -3.67. The molecule has 5 heterocycles. The van der Waals surface area contributed by atoms with Crippen molar-refractivity contribution in [2.45, 2.75) is 246 Å². The summed E-state index contributed by atoms with van der Waals surface area (Å²) in [5.41, 5.74) is -3.92. The van der Waals surface area contributed by atoms with Crippen molar-refractivity contribution in [3.05, 3.63) is 72.1 Å². The van der Waals surface area contributed by atoms with Crippen LogP contribution in [-0.2, 0) is 66.4 Å². The van der Waals surface area contributed by atoms with Gasteiger partial charge in [-0.15, -0.1) is 0 Å². The molecule has 0 radical (unpaired) electrons. The maximum atomic E-state index is 14.0.